The van der Waals surface area contributed by atoms with Crippen molar-refractivity contribution in [2.24, 2.45) is 0 Å². The third-order valence-corrected chi connectivity index (χ3v) is 3.93. The van der Waals surface area contributed by atoms with Crippen LogP contribution in [0.25, 0.3) is 11.0 Å². The molecule has 1 aromatic heterocycles. The molecule has 0 aliphatic heterocycles. The highest BCUT2D eigenvalue weighted by molar-refractivity contribution is 5.94. The number of carbonyl (C=O) groups excluding carboxylic acids is 1. The molecule has 4 heteroatoms. The minimum absolute atomic E-state index is 0.0744. The molecule has 0 saturated heterocycles. The second kappa shape index (κ2) is 7.01. The first-order chi connectivity index (χ1) is 11.7. The molecule has 4 nitrogen and oxygen atoms in total. The van der Waals surface area contributed by atoms with Crippen molar-refractivity contribution in [3.63, 3.8) is 0 Å². The van der Waals surface area contributed by atoms with Gasteiger partial charge in [-0.3, -0.25) is 4.79 Å². The lowest BCUT2D eigenvalue weighted by atomic mass is 10.1. The lowest BCUT2D eigenvalue weighted by Gasteiger charge is -2.07. The molecule has 1 amide bonds. The molecule has 0 aliphatic rings. The zero-order valence-electron chi connectivity index (χ0n) is 13.6. The maximum Gasteiger partial charge on any atom is 0.251 e. The van der Waals surface area contributed by atoms with Gasteiger partial charge in [-0.15, -0.1) is 6.42 Å². The zero-order chi connectivity index (χ0) is 16.9. The molecule has 0 aliphatic carbocycles. The van der Waals surface area contributed by atoms with Crippen LogP contribution in [0.1, 0.15) is 21.7 Å². The van der Waals surface area contributed by atoms with E-state index in [-0.39, 0.29) is 5.91 Å². The van der Waals surface area contributed by atoms with Crippen LogP contribution in [0.5, 0.6) is 0 Å². The highest BCUT2D eigenvalue weighted by Gasteiger charge is 2.10. The quantitative estimate of drug-likeness (QED) is 0.736. The molecule has 0 fully saturated rings. The number of amides is 1. The number of nitrogens with one attached hydrogen (secondary N) is 1. The molecule has 0 unspecified atom stereocenters. The van der Waals surface area contributed by atoms with E-state index >= 15 is 0 Å². The summed E-state index contributed by atoms with van der Waals surface area (Å²) >= 11 is 0. The minimum atomic E-state index is -0.0744. The summed E-state index contributed by atoms with van der Waals surface area (Å²) in [5, 5.41) is 2.94. The summed E-state index contributed by atoms with van der Waals surface area (Å²) in [6.45, 7) is 2.99. The zero-order valence-corrected chi connectivity index (χ0v) is 13.6. The fourth-order valence-corrected chi connectivity index (χ4v) is 2.68. The van der Waals surface area contributed by atoms with Gasteiger partial charge in [-0.1, -0.05) is 35.7 Å². The summed E-state index contributed by atoms with van der Waals surface area (Å²) in [6.07, 6.45) is 6.11. The second-order valence-corrected chi connectivity index (χ2v) is 5.68. The molecule has 0 saturated carbocycles. The van der Waals surface area contributed by atoms with Crippen LogP contribution in [0.3, 0.4) is 0 Å². The summed E-state index contributed by atoms with van der Waals surface area (Å²) < 4.78 is 2.02. The van der Waals surface area contributed by atoms with E-state index in [0.717, 1.165) is 22.4 Å². The molecule has 0 bridgehead atoms. The SMILES string of the molecule is C#CCn1c(CCNC(=O)c2ccc(C)cc2)nc2ccccc21. The first kappa shape index (κ1) is 15.8. The summed E-state index contributed by atoms with van der Waals surface area (Å²) in [5.41, 5.74) is 3.75. The van der Waals surface area contributed by atoms with Gasteiger partial charge in [0.1, 0.15) is 5.82 Å². The van der Waals surface area contributed by atoms with Gasteiger partial charge in [0.05, 0.1) is 17.6 Å². The smallest absolute Gasteiger partial charge is 0.251 e. The summed E-state index contributed by atoms with van der Waals surface area (Å²) in [5.74, 6) is 3.48. The van der Waals surface area contributed by atoms with Crippen LogP contribution in [-0.4, -0.2) is 22.0 Å². The number of hydrogen-bond acceptors (Lipinski definition) is 2. The van der Waals surface area contributed by atoms with Crippen LogP contribution in [0.15, 0.2) is 48.5 Å². The molecular weight excluding hydrogens is 298 g/mol. The molecule has 3 aromatic rings. The van der Waals surface area contributed by atoms with Gasteiger partial charge in [0.25, 0.3) is 5.91 Å². The van der Waals surface area contributed by atoms with Crippen molar-refractivity contribution in [3.8, 4) is 12.3 Å². The van der Waals surface area contributed by atoms with Gasteiger partial charge in [0.15, 0.2) is 0 Å². The molecule has 0 atom stereocenters. The van der Waals surface area contributed by atoms with E-state index in [1.165, 1.54) is 0 Å². The van der Waals surface area contributed by atoms with E-state index < -0.39 is 0 Å². The van der Waals surface area contributed by atoms with Crippen molar-refractivity contribution in [1.29, 1.82) is 0 Å². The van der Waals surface area contributed by atoms with Gasteiger partial charge in [0.2, 0.25) is 0 Å². The first-order valence-electron chi connectivity index (χ1n) is 7.91. The van der Waals surface area contributed by atoms with Crippen molar-refractivity contribution in [2.75, 3.05) is 6.54 Å². The number of hydrogen-bond donors (Lipinski definition) is 1. The fourth-order valence-electron chi connectivity index (χ4n) is 2.68. The number of para-hydroxylation sites is 2. The fraction of sp³-hybridized carbons (Fsp3) is 0.200. The van der Waals surface area contributed by atoms with Crippen LogP contribution >= 0.6 is 0 Å². The normalized spacial score (nSPS) is 10.5. The van der Waals surface area contributed by atoms with E-state index in [2.05, 4.69) is 16.2 Å². The lowest BCUT2D eigenvalue weighted by Crippen LogP contribution is -2.26. The predicted molar refractivity (Wildman–Crippen MR) is 95.8 cm³/mol. The van der Waals surface area contributed by atoms with Crippen molar-refractivity contribution >= 4 is 16.9 Å². The monoisotopic (exact) mass is 317 g/mol. The van der Waals surface area contributed by atoms with Gasteiger partial charge >= 0.3 is 0 Å². The summed E-state index contributed by atoms with van der Waals surface area (Å²) in [4.78, 5) is 16.8. The van der Waals surface area contributed by atoms with Gasteiger partial charge in [-0.25, -0.2) is 4.98 Å². The van der Waals surface area contributed by atoms with Crippen LogP contribution in [0.4, 0.5) is 0 Å². The van der Waals surface area contributed by atoms with Crippen molar-refractivity contribution in [2.45, 2.75) is 19.9 Å². The van der Waals surface area contributed by atoms with Gasteiger partial charge in [-0.2, -0.15) is 0 Å². The van der Waals surface area contributed by atoms with Crippen LogP contribution < -0.4 is 5.32 Å². The first-order valence-corrected chi connectivity index (χ1v) is 7.91. The van der Waals surface area contributed by atoms with Crippen LogP contribution in [-0.2, 0) is 13.0 Å². The average molecular weight is 317 g/mol. The third kappa shape index (κ3) is 3.31. The number of benzene rings is 2. The number of carbonyl (C=O) groups is 1. The molecule has 1 N–H and O–H groups in total. The number of nitrogens with zero attached hydrogens (tertiary/aromatic N) is 2. The summed E-state index contributed by atoms with van der Waals surface area (Å²) in [6, 6.07) is 15.4. The Balaban J connectivity index is 1.69. The van der Waals surface area contributed by atoms with E-state index in [0.29, 0.717) is 25.1 Å². The largest absolute Gasteiger partial charge is 0.352 e. The molecule has 24 heavy (non-hydrogen) atoms. The Kier molecular flexibility index (Phi) is 4.62. The molecular formula is C20H19N3O. The van der Waals surface area contributed by atoms with E-state index in [1.807, 2.05) is 60.0 Å². The predicted octanol–water partition coefficient (Wildman–Crippen LogP) is 2.95. The molecule has 0 radical (unpaired) electrons. The Bertz CT molecular complexity index is 901. The van der Waals surface area contributed by atoms with Gasteiger partial charge < -0.3 is 9.88 Å². The maximum absolute atomic E-state index is 12.2. The topological polar surface area (TPSA) is 46.9 Å². The van der Waals surface area contributed by atoms with E-state index in [1.54, 1.807) is 0 Å². The average Bonchev–Trinajstić information content (AvgIpc) is 2.94. The van der Waals surface area contributed by atoms with E-state index in [9.17, 15) is 4.79 Å². The summed E-state index contributed by atoms with van der Waals surface area (Å²) in [7, 11) is 0. The van der Waals surface area contributed by atoms with Gasteiger partial charge in [-0.05, 0) is 31.2 Å². The minimum Gasteiger partial charge on any atom is -0.352 e. The third-order valence-electron chi connectivity index (χ3n) is 3.93. The Morgan fingerprint density at radius 1 is 1.21 bits per heavy atom. The van der Waals surface area contributed by atoms with Crippen LogP contribution in [0, 0.1) is 19.3 Å². The number of terminal acetylenes is 1. The Morgan fingerprint density at radius 2 is 1.96 bits per heavy atom. The Labute approximate surface area is 141 Å². The number of fused-ring (bicyclic) bond motifs is 1. The Hall–Kier alpha value is -3.06. The van der Waals surface area contributed by atoms with Gasteiger partial charge in [0, 0.05) is 18.5 Å². The molecule has 1 heterocycles. The molecule has 3 rings (SSSR count). The lowest BCUT2D eigenvalue weighted by molar-refractivity contribution is 0.0954. The standard InChI is InChI=1S/C20H19N3O/c1-3-14-23-18-7-5-4-6-17(18)22-19(23)12-13-21-20(24)16-10-8-15(2)9-11-16/h1,4-11H,12-14H2,2H3,(H,21,24). The number of aromatic nitrogens is 2. The van der Waals surface area contributed by atoms with E-state index in [4.69, 9.17) is 6.42 Å². The van der Waals surface area contributed by atoms with Crippen molar-refractivity contribution < 1.29 is 4.79 Å². The molecule has 0 spiro atoms. The highest BCUT2D eigenvalue weighted by atomic mass is 16.1. The molecule has 2 aromatic carbocycles. The van der Waals surface area contributed by atoms with Crippen LogP contribution in [0.2, 0.25) is 0 Å². The number of imidazole rings is 1. The highest BCUT2D eigenvalue weighted by Crippen LogP contribution is 2.16. The second-order valence-electron chi connectivity index (χ2n) is 5.68. The van der Waals surface area contributed by atoms with Crippen molar-refractivity contribution in [1.82, 2.24) is 14.9 Å². The number of aryl methyl sites for hydroxylation is 1. The maximum atomic E-state index is 12.2. The molecule has 120 valence electrons. The van der Waals surface area contributed by atoms with Crippen molar-refractivity contribution in [3.05, 3.63) is 65.5 Å². The number of rotatable bonds is 5. The Morgan fingerprint density at radius 3 is 2.71 bits per heavy atom.